The summed E-state index contributed by atoms with van der Waals surface area (Å²) in [6.07, 6.45) is -0.237. The third-order valence-electron chi connectivity index (χ3n) is 2.22. The molecule has 0 saturated heterocycles. The molecule has 4 heteroatoms. The second-order valence-electron chi connectivity index (χ2n) is 3.34. The molecule has 0 aliphatic rings. The molecule has 0 aliphatic heterocycles. The lowest BCUT2D eigenvalue weighted by molar-refractivity contribution is -0.0989. The highest BCUT2D eigenvalue weighted by Gasteiger charge is 2.03. The third-order valence-corrected chi connectivity index (χ3v) is 2.22. The summed E-state index contributed by atoms with van der Waals surface area (Å²) in [6.45, 7) is 1.31. The summed E-state index contributed by atoms with van der Waals surface area (Å²) in [7, 11) is 3.21. The first kappa shape index (κ1) is 12.7. The highest BCUT2D eigenvalue weighted by Crippen LogP contribution is 2.03. The van der Waals surface area contributed by atoms with E-state index in [2.05, 4.69) is 11.4 Å². The molecule has 0 amide bonds. The van der Waals surface area contributed by atoms with Crippen molar-refractivity contribution in [3.8, 4) is 6.07 Å². The van der Waals surface area contributed by atoms with Crippen molar-refractivity contribution in [3.63, 3.8) is 0 Å². The van der Waals surface area contributed by atoms with E-state index in [0.29, 0.717) is 18.7 Å². The van der Waals surface area contributed by atoms with Crippen LogP contribution in [0.1, 0.15) is 11.1 Å². The number of nitrogens with zero attached hydrogens (tertiary/aromatic N) is 1. The molecule has 0 saturated carbocycles. The second-order valence-corrected chi connectivity index (χ2v) is 3.34. The summed E-state index contributed by atoms with van der Waals surface area (Å²) in [5, 5.41) is 11.9. The Morgan fingerprint density at radius 1 is 1.38 bits per heavy atom. The van der Waals surface area contributed by atoms with Gasteiger partial charge in [-0.05, 0) is 17.7 Å². The Kier molecular flexibility index (Phi) is 5.51. The predicted molar refractivity (Wildman–Crippen MR) is 60.7 cm³/mol. The Morgan fingerprint density at radius 3 is 2.75 bits per heavy atom. The van der Waals surface area contributed by atoms with Crippen LogP contribution >= 0.6 is 0 Å². The molecule has 1 aromatic carbocycles. The van der Waals surface area contributed by atoms with Crippen molar-refractivity contribution in [1.82, 2.24) is 5.32 Å². The lowest BCUT2D eigenvalue weighted by Crippen LogP contribution is -2.29. The number of rotatable bonds is 6. The van der Waals surface area contributed by atoms with Gasteiger partial charge in [0.1, 0.15) is 0 Å². The standard InChI is InChI=1S/C12H16N2O2/c1-15-12(16-2)9-14-8-11-5-3-4-10(6-11)7-13/h3-6,12,14H,8-9H2,1-2H3. The molecule has 0 fully saturated rings. The van der Waals surface area contributed by atoms with Crippen LogP contribution in [-0.2, 0) is 16.0 Å². The number of nitriles is 1. The molecule has 86 valence electrons. The minimum absolute atomic E-state index is 0.237. The van der Waals surface area contributed by atoms with Crippen LogP contribution in [0.3, 0.4) is 0 Å². The maximum Gasteiger partial charge on any atom is 0.169 e. The number of hydrogen-bond acceptors (Lipinski definition) is 4. The lowest BCUT2D eigenvalue weighted by Gasteiger charge is -2.13. The summed E-state index contributed by atoms with van der Waals surface area (Å²) < 4.78 is 10.1. The van der Waals surface area contributed by atoms with Crippen LogP contribution in [0.2, 0.25) is 0 Å². The zero-order valence-electron chi connectivity index (χ0n) is 9.56. The van der Waals surface area contributed by atoms with Gasteiger partial charge in [-0.2, -0.15) is 5.26 Å². The Bertz CT molecular complexity index is 356. The van der Waals surface area contributed by atoms with E-state index >= 15 is 0 Å². The summed E-state index contributed by atoms with van der Waals surface area (Å²) >= 11 is 0. The summed E-state index contributed by atoms with van der Waals surface area (Å²) in [4.78, 5) is 0. The number of hydrogen-bond donors (Lipinski definition) is 1. The van der Waals surface area contributed by atoms with Crippen molar-refractivity contribution in [2.24, 2.45) is 0 Å². The molecular formula is C12H16N2O2. The van der Waals surface area contributed by atoms with Gasteiger partial charge >= 0.3 is 0 Å². The van der Waals surface area contributed by atoms with Gasteiger partial charge in [-0.15, -0.1) is 0 Å². The van der Waals surface area contributed by atoms with Crippen LogP contribution in [0.4, 0.5) is 0 Å². The molecular weight excluding hydrogens is 204 g/mol. The van der Waals surface area contributed by atoms with Crippen LogP contribution < -0.4 is 5.32 Å². The molecule has 1 N–H and O–H groups in total. The zero-order valence-corrected chi connectivity index (χ0v) is 9.56. The fourth-order valence-corrected chi connectivity index (χ4v) is 1.35. The van der Waals surface area contributed by atoms with Crippen molar-refractivity contribution in [1.29, 1.82) is 5.26 Å². The van der Waals surface area contributed by atoms with E-state index in [0.717, 1.165) is 5.56 Å². The normalized spacial score (nSPS) is 10.4. The van der Waals surface area contributed by atoms with E-state index in [1.54, 1.807) is 20.3 Å². The van der Waals surface area contributed by atoms with Gasteiger partial charge < -0.3 is 14.8 Å². The average molecular weight is 220 g/mol. The summed E-state index contributed by atoms with van der Waals surface area (Å²) in [5.74, 6) is 0. The quantitative estimate of drug-likeness (QED) is 0.733. The van der Waals surface area contributed by atoms with Crippen LogP contribution in [0.15, 0.2) is 24.3 Å². The largest absolute Gasteiger partial charge is 0.355 e. The molecule has 0 spiro atoms. The SMILES string of the molecule is COC(CNCc1cccc(C#N)c1)OC. The Labute approximate surface area is 95.8 Å². The fraction of sp³-hybridized carbons (Fsp3) is 0.417. The van der Waals surface area contributed by atoms with Crippen molar-refractivity contribution < 1.29 is 9.47 Å². The molecule has 0 aromatic heterocycles. The van der Waals surface area contributed by atoms with E-state index in [-0.39, 0.29) is 6.29 Å². The first-order valence-corrected chi connectivity index (χ1v) is 5.05. The molecule has 0 bridgehead atoms. The molecule has 4 nitrogen and oxygen atoms in total. The van der Waals surface area contributed by atoms with Crippen molar-refractivity contribution in [2.45, 2.75) is 12.8 Å². The number of methoxy groups -OCH3 is 2. The molecule has 0 atom stereocenters. The Hall–Kier alpha value is -1.41. The highest BCUT2D eigenvalue weighted by molar-refractivity contribution is 5.32. The predicted octanol–water partition coefficient (Wildman–Crippen LogP) is 1.27. The summed E-state index contributed by atoms with van der Waals surface area (Å²) in [5.41, 5.74) is 1.75. The first-order valence-electron chi connectivity index (χ1n) is 5.05. The molecule has 0 radical (unpaired) electrons. The van der Waals surface area contributed by atoms with Crippen LogP contribution in [0, 0.1) is 11.3 Å². The van der Waals surface area contributed by atoms with Crippen molar-refractivity contribution >= 4 is 0 Å². The lowest BCUT2D eigenvalue weighted by atomic mass is 10.1. The number of nitrogens with one attached hydrogen (secondary N) is 1. The molecule has 1 rings (SSSR count). The van der Waals surface area contributed by atoms with Gasteiger partial charge in [-0.1, -0.05) is 12.1 Å². The molecule has 0 aliphatic carbocycles. The van der Waals surface area contributed by atoms with Crippen LogP contribution in [0.5, 0.6) is 0 Å². The van der Waals surface area contributed by atoms with Gasteiger partial charge in [-0.3, -0.25) is 0 Å². The third kappa shape index (κ3) is 3.99. The van der Waals surface area contributed by atoms with E-state index < -0.39 is 0 Å². The topological polar surface area (TPSA) is 54.3 Å². The number of benzene rings is 1. The van der Waals surface area contributed by atoms with Gasteiger partial charge in [0.15, 0.2) is 6.29 Å². The van der Waals surface area contributed by atoms with E-state index in [4.69, 9.17) is 14.7 Å². The molecule has 0 unspecified atom stereocenters. The monoisotopic (exact) mass is 220 g/mol. The van der Waals surface area contributed by atoms with Gasteiger partial charge in [0.25, 0.3) is 0 Å². The minimum Gasteiger partial charge on any atom is -0.355 e. The molecule has 1 aromatic rings. The average Bonchev–Trinajstić information content (AvgIpc) is 2.35. The maximum atomic E-state index is 8.74. The van der Waals surface area contributed by atoms with Gasteiger partial charge in [0, 0.05) is 27.3 Å². The van der Waals surface area contributed by atoms with E-state index in [9.17, 15) is 0 Å². The van der Waals surface area contributed by atoms with E-state index in [1.165, 1.54) is 0 Å². The Balaban J connectivity index is 2.40. The van der Waals surface area contributed by atoms with Crippen LogP contribution in [0.25, 0.3) is 0 Å². The van der Waals surface area contributed by atoms with Gasteiger partial charge in [-0.25, -0.2) is 0 Å². The van der Waals surface area contributed by atoms with Gasteiger partial charge in [0.2, 0.25) is 0 Å². The number of ether oxygens (including phenoxy) is 2. The minimum atomic E-state index is -0.237. The molecule has 16 heavy (non-hydrogen) atoms. The smallest absolute Gasteiger partial charge is 0.169 e. The highest BCUT2D eigenvalue weighted by atomic mass is 16.7. The molecule has 0 heterocycles. The fourth-order valence-electron chi connectivity index (χ4n) is 1.35. The van der Waals surface area contributed by atoms with Crippen molar-refractivity contribution in [3.05, 3.63) is 35.4 Å². The van der Waals surface area contributed by atoms with E-state index in [1.807, 2.05) is 18.2 Å². The summed E-state index contributed by atoms with van der Waals surface area (Å²) in [6, 6.07) is 9.61. The zero-order chi connectivity index (χ0) is 11.8. The van der Waals surface area contributed by atoms with Gasteiger partial charge in [0.05, 0.1) is 11.6 Å². The van der Waals surface area contributed by atoms with Crippen LogP contribution in [-0.4, -0.2) is 27.1 Å². The van der Waals surface area contributed by atoms with Crippen molar-refractivity contribution in [2.75, 3.05) is 20.8 Å². The second kappa shape index (κ2) is 6.96. The maximum absolute atomic E-state index is 8.74. The first-order chi connectivity index (χ1) is 7.80. The Morgan fingerprint density at radius 2 is 2.12 bits per heavy atom.